The molecule has 152 valence electrons. The van der Waals surface area contributed by atoms with E-state index in [1.807, 2.05) is 12.1 Å². The molecule has 30 heavy (non-hydrogen) atoms. The van der Waals surface area contributed by atoms with Gasteiger partial charge in [-0.05, 0) is 35.9 Å². The van der Waals surface area contributed by atoms with E-state index in [2.05, 4.69) is 22.0 Å². The first-order valence-corrected chi connectivity index (χ1v) is 9.99. The molecule has 1 unspecified atom stereocenters. The van der Waals surface area contributed by atoms with Crippen molar-refractivity contribution in [3.63, 3.8) is 0 Å². The summed E-state index contributed by atoms with van der Waals surface area (Å²) in [5.41, 5.74) is 4.02. The van der Waals surface area contributed by atoms with E-state index in [4.69, 9.17) is 4.74 Å². The van der Waals surface area contributed by atoms with E-state index in [1.54, 1.807) is 24.3 Å². The molecule has 0 aliphatic carbocycles. The lowest BCUT2D eigenvalue weighted by atomic mass is 10.0. The molecule has 2 amide bonds. The number of hydrogen-bond donors (Lipinski definition) is 1. The minimum atomic E-state index is -0.465. The number of imide groups is 1. The number of benzene rings is 2. The normalized spacial score (nSPS) is 19.4. The van der Waals surface area contributed by atoms with Crippen molar-refractivity contribution in [3.8, 4) is 5.75 Å². The van der Waals surface area contributed by atoms with Crippen molar-refractivity contribution in [2.45, 2.75) is 32.4 Å². The zero-order chi connectivity index (χ0) is 20.8. The van der Waals surface area contributed by atoms with E-state index in [1.165, 1.54) is 28.5 Å². The summed E-state index contributed by atoms with van der Waals surface area (Å²) in [6.45, 7) is 2.69. The van der Waals surface area contributed by atoms with Crippen LogP contribution in [0.5, 0.6) is 5.75 Å². The van der Waals surface area contributed by atoms with Gasteiger partial charge in [-0.3, -0.25) is 19.3 Å². The second-order valence-corrected chi connectivity index (χ2v) is 7.72. The molecular weight excluding hydrogens is 382 g/mol. The zero-order valence-corrected chi connectivity index (χ0v) is 16.6. The van der Waals surface area contributed by atoms with Crippen LogP contribution >= 0.6 is 0 Å². The summed E-state index contributed by atoms with van der Waals surface area (Å²) in [7, 11) is 0. The van der Waals surface area contributed by atoms with Gasteiger partial charge in [0.15, 0.2) is 0 Å². The highest BCUT2D eigenvalue weighted by molar-refractivity contribution is 6.22. The second-order valence-electron chi connectivity index (χ2n) is 7.72. The highest BCUT2D eigenvalue weighted by atomic mass is 16.5. The van der Waals surface area contributed by atoms with Crippen LogP contribution in [0.1, 0.15) is 24.6 Å². The highest BCUT2D eigenvalue weighted by Crippen LogP contribution is 2.32. The van der Waals surface area contributed by atoms with Gasteiger partial charge in [0, 0.05) is 43.0 Å². The molecule has 2 aliphatic heterocycles. The van der Waals surface area contributed by atoms with Gasteiger partial charge in [0.2, 0.25) is 5.91 Å². The van der Waals surface area contributed by atoms with E-state index < -0.39 is 12.0 Å². The first-order chi connectivity index (χ1) is 14.5. The van der Waals surface area contributed by atoms with Gasteiger partial charge in [0.25, 0.3) is 5.91 Å². The summed E-state index contributed by atoms with van der Waals surface area (Å²) in [6.07, 6.45) is 0.987. The fraction of sp³-hybridized carbons (Fsp3) is 0.261. The van der Waals surface area contributed by atoms with Gasteiger partial charge in [-0.25, -0.2) is 4.90 Å². The van der Waals surface area contributed by atoms with E-state index >= 15 is 0 Å². The van der Waals surface area contributed by atoms with Crippen molar-refractivity contribution in [3.05, 3.63) is 59.8 Å². The lowest BCUT2D eigenvalue weighted by Crippen LogP contribution is -2.44. The number of nitrogens with zero attached hydrogens (tertiary/aromatic N) is 2. The molecule has 3 aromatic rings. The maximum atomic E-state index is 13.2. The van der Waals surface area contributed by atoms with E-state index in [9.17, 15) is 14.4 Å². The molecule has 5 rings (SSSR count). The number of esters is 1. The molecule has 2 aliphatic rings. The summed E-state index contributed by atoms with van der Waals surface area (Å²) in [5, 5.41) is 1.17. The van der Waals surface area contributed by atoms with Gasteiger partial charge in [0.05, 0.1) is 18.2 Å². The minimum absolute atomic E-state index is 0.169. The molecule has 0 radical (unpaired) electrons. The molecule has 1 atom stereocenters. The Morgan fingerprint density at radius 2 is 1.87 bits per heavy atom. The number of fused-ring (bicyclic) bond motifs is 3. The maximum Gasteiger partial charge on any atom is 0.308 e. The Bertz CT molecular complexity index is 1160. The predicted octanol–water partition coefficient (Wildman–Crippen LogP) is 2.78. The lowest BCUT2D eigenvalue weighted by Gasteiger charge is -2.31. The number of hydrogen-bond acceptors (Lipinski definition) is 5. The molecule has 1 N–H and O–H groups in total. The number of ether oxygens (including phenoxy) is 1. The number of rotatable bonds is 3. The average Bonchev–Trinajstić information content (AvgIpc) is 3.25. The van der Waals surface area contributed by atoms with Crippen LogP contribution < -0.4 is 9.64 Å². The topological polar surface area (TPSA) is 82.7 Å². The minimum Gasteiger partial charge on any atom is -0.427 e. The second kappa shape index (κ2) is 7.11. The lowest BCUT2D eigenvalue weighted by molar-refractivity contribution is -0.132. The largest absolute Gasteiger partial charge is 0.427 e. The van der Waals surface area contributed by atoms with Crippen LogP contribution in [-0.4, -0.2) is 40.3 Å². The van der Waals surface area contributed by atoms with Crippen molar-refractivity contribution < 1.29 is 19.1 Å². The quantitative estimate of drug-likeness (QED) is 0.413. The third kappa shape index (κ3) is 3.07. The van der Waals surface area contributed by atoms with Crippen molar-refractivity contribution in [1.29, 1.82) is 0 Å². The van der Waals surface area contributed by atoms with E-state index in [0.717, 1.165) is 18.5 Å². The number of nitrogens with one attached hydrogen (secondary N) is 1. The summed E-state index contributed by atoms with van der Waals surface area (Å²) in [6, 6.07) is 14.1. The average molecular weight is 403 g/mol. The smallest absolute Gasteiger partial charge is 0.308 e. The predicted molar refractivity (Wildman–Crippen MR) is 111 cm³/mol. The molecule has 3 heterocycles. The Hall–Kier alpha value is -3.45. The van der Waals surface area contributed by atoms with Gasteiger partial charge >= 0.3 is 5.97 Å². The number of para-hydroxylation sites is 1. The third-order valence-electron chi connectivity index (χ3n) is 5.83. The number of aromatic nitrogens is 1. The highest BCUT2D eigenvalue weighted by Gasteiger charge is 2.43. The first kappa shape index (κ1) is 18.6. The van der Waals surface area contributed by atoms with Crippen molar-refractivity contribution in [1.82, 2.24) is 9.88 Å². The third-order valence-corrected chi connectivity index (χ3v) is 5.83. The number of H-pyrrole nitrogens is 1. The van der Waals surface area contributed by atoms with Gasteiger partial charge in [-0.1, -0.05) is 18.2 Å². The molecule has 0 saturated carbocycles. The van der Waals surface area contributed by atoms with Crippen molar-refractivity contribution >= 4 is 34.4 Å². The molecule has 1 saturated heterocycles. The van der Waals surface area contributed by atoms with Gasteiger partial charge in [-0.15, -0.1) is 0 Å². The molecule has 0 bridgehead atoms. The molecule has 1 fully saturated rings. The molecule has 7 heteroatoms. The Kier molecular flexibility index (Phi) is 4.40. The van der Waals surface area contributed by atoms with Crippen LogP contribution in [0.15, 0.2) is 48.5 Å². The van der Waals surface area contributed by atoms with Crippen LogP contribution in [0.2, 0.25) is 0 Å². The fourth-order valence-electron chi connectivity index (χ4n) is 4.46. The maximum absolute atomic E-state index is 13.2. The molecule has 0 spiro atoms. The van der Waals surface area contributed by atoms with E-state index in [0.29, 0.717) is 18.0 Å². The molecular formula is C23H21N3O4. The monoisotopic (exact) mass is 403 g/mol. The Balaban J connectivity index is 1.37. The zero-order valence-electron chi connectivity index (χ0n) is 16.6. The SMILES string of the molecule is CC(=O)Oc1ccc(N2C(=O)CC(N3CCc4[nH]c5ccccc5c4C3)C2=O)cc1. The van der Waals surface area contributed by atoms with Crippen molar-refractivity contribution in [2.75, 3.05) is 11.4 Å². The summed E-state index contributed by atoms with van der Waals surface area (Å²) in [5.74, 6) is -0.457. The fourth-order valence-corrected chi connectivity index (χ4v) is 4.46. The number of anilines is 1. The number of amides is 2. The molecule has 2 aromatic carbocycles. The van der Waals surface area contributed by atoms with Gasteiger partial charge in [-0.2, -0.15) is 0 Å². The summed E-state index contributed by atoms with van der Waals surface area (Å²) >= 11 is 0. The van der Waals surface area contributed by atoms with Gasteiger partial charge in [0.1, 0.15) is 5.75 Å². The van der Waals surface area contributed by atoms with Crippen LogP contribution in [0.25, 0.3) is 10.9 Å². The number of aromatic amines is 1. The van der Waals surface area contributed by atoms with Crippen molar-refractivity contribution in [2.24, 2.45) is 0 Å². The first-order valence-electron chi connectivity index (χ1n) is 9.99. The molecule has 7 nitrogen and oxygen atoms in total. The molecule has 1 aromatic heterocycles. The standard InChI is InChI=1S/C23H21N3O4/c1-14(27)30-16-8-6-15(7-9-16)26-22(28)12-21(23(26)29)25-11-10-20-18(13-25)17-4-2-3-5-19(17)24-20/h2-9,21,24H,10-13H2,1H3. The van der Waals surface area contributed by atoms with Crippen LogP contribution in [0, 0.1) is 0 Å². The Morgan fingerprint density at radius 3 is 2.63 bits per heavy atom. The van der Waals surface area contributed by atoms with Gasteiger partial charge < -0.3 is 9.72 Å². The number of carbonyl (C=O) groups excluding carboxylic acids is 3. The summed E-state index contributed by atoms with van der Waals surface area (Å²) in [4.78, 5) is 43.8. The van der Waals surface area contributed by atoms with E-state index in [-0.39, 0.29) is 18.2 Å². The Labute approximate surface area is 173 Å². The van der Waals surface area contributed by atoms with Crippen LogP contribution in [0.3, 0.4) is 0 Å². The number of carbonyl (C=O) groups is 3. The van der Waals surface area contributed by atoms with Crippen LogP contribution in [0.4, 0.5) is 5.69 Å². The Morgan fingerprint density at radius 1 is 1.10 bits per heavy atom. The summed E-state index contributed by atoms with van der Waals surface area (Å²) < 4.78 is 5.02. The van der Waals surface area contributed by atoms with Crippen LogP contribution in [-0.2, 0) is 27.3 Å².